The van der Waals surface area contributed by atoms with Crippen LogP contribution in [-0.2, 0) is 70.6 Å². The monoisotopic (exact) mass is 1140 g/mol. The second-order valence-corrected chi connectivity index (χ2v) is 19.3. The van der Waals surface area contributed by atoms with E-state index >= 15 is 0 Å². The lowest BCUT2D eigenvalue weighted by atomic mass is 10.0. The number of hydrogen-bond acceptors (Lipinski definition) is 13. The number of phenolic OH excluding ortho intramolecular Hbond substituents is 2. The molecular weight excluding hydrogens is 1070 g/mol. The van der Waals surface area contributed by atoms with Crippen molar-refractivity contribution < 1.29 is 53.3 Å². The molecular formula is C58H72N14O11. The van der Waals surface area contributed by atoms with Gasteiger partial charge >= 0.3 is 6.09 Å². The van der Waals surface area contributed by atoms with E-state index in [4.69, 9.17) is 32.8 Å². The normalized spacial score (nSPS) is 12.9. The van der Waals surface area contributed by atoms with Crippen LogP contribution in [-0.4, -0.2) is 125 Å². The molecule has 0 unspecified atom stereocenters. The number of ether oxygens (including phenoxy) is 1. The Kier molecular flexibility index (Phi) is 25.6. The van der Waals surface area contributed by atoms with E-state index in [2.05, 4.69) is 47.9 Å². The number of hydrogen-bond donors (Lipinski definition) is 16. The summed E-state index contributed by atoms with van der Waals surface area (Å²) in [6.45, 7) is -0.597. The molecule has 0 bridgehead atoms. The van der Waals surface area contributed by atoms with Crippen LogP contribution in [0, 0.1) is 10.8 Å². The first kappa shape index (κ1) is 63.6. The molecule has 0 saturated heterocycles. The number of nitrogens with two attached hydrogens (primary N) is 3. The van der Waals surface area contributed by atoms with E-state index in [-0.39, 0.29) is 94.5 Å². The highest BCUT2D eigenvalue weighted by Gasteiger charge is 2.33. The van der Waals surface area contributed by atoms with Gasteiger partial charge in [-0.15, -0.1) is 0 Å². The molecule has 0 aliphatic heterocycles. The van der Waals surface area contributed by atoms with Gasteiger partial charge in [0.15, 0.2) is 11.9 Å². The van der Waals surface area contributed by atoms with Crippen molar-refractivity contribution in [3.63, 3.8) is 0 Å². The number of rotatable bonds is 32. The molecule has 6 atom stereocenters. The van der Waals surface area contributed by atoms with E-state index in [1.807, 2.05) is 0 Å². The summed E-state index contributed by atoms with van der Waals surface area (Å²) in [6, 6.07) is 29.9. The van der Waals surface area contributed by atoms with E-state index in [9.17, 15) is 48.6 Å². The average molecular weight is 1140 g/mol. The summed E-state index contributed by atoms with van der Waals surface area (Å²) in [5.74, 6) is -6.58. The van der Waals surface area contributed by atoms with Crippen LogP contribution in [0.2, 0.25) is 0 Å². The maximum Gasteiger partial charge on any atom is 0.408 e. The molecule has 83 heavy (non-hydrogen) atoms. The minimum atomic E-state index is -1.41. The molecule has 0 saturated carbocycles. The number of benzene rings is 5. The van der Waals surface area contributed by atoms with Crippen LogP contribution in [0.25, 0.3) is 0 Å². The summed E-state index contributed by atoms with van der Waals surface area (Å²) >= 11 is 0. The average Bonchev–Trinajstić information content (AvgIpc) is 3.55. The fourth-order valence-corrected chi connectivity index (χ4v) is 8.41. The molecule has 5 aromatic carbocycles. The zero-order valence-electron chi connectivity index (χ0n) is 45.5. The first-order valence-corrected chi connectivity index (χ1v) is 26.7. The Hall–Kier alpha value is -10.2. The first-order chi connectivity index (χ1) is 39.8. The minimum Gasteiger partial charge on any atom is -0.508 e. The van der Waals surface area contributed by atoms with E-state index in [0.29, 0.717) is 27.8 Å². The second kappa shape index (κ2) is 33.4. The lowest BCUT2D eigenvalue weighted by molar-refractivity contribution is -0.134. The van der Waals surface area contributed by atoms with Crippen LogP contribution in [0.1, 0.15) is 53.5 Å². The molecule has 0 radical (unpaired) electrons. The Morgan fingerprint density at radius 3 is 1.18 bits per heavy atom. The Labute approximate surface area is 479 Å². The number of carbonyl (C=O) groups excluding carboxylic acids is 8. The summed E-state index contributed by atoms with van der Waals surface area (Å²) in [4.78, 5) is 111. The van der Waals surface area contributed by atoms with E-state index < -0.39 is 90.2 Å². The predicted octanol–water partition coefficient (Wildman–Crippen LogP) is 0.215. The lowest BCUT2D eigenvalue weighted by Crippen LogP contribution is -2.59. The van der Waals surface area contributed by atoms with Crippen molar-refractivity contribution in [3.05, 3.63) is 167 Å². The molecule has 0 aliphatic rings. The van der Waals surface area contributed by atoms with Gasteiger partial charge in [-0.2, -0.15) is 0 Å². The van der Waals surface area contributed by atoms with Crippen molar-refractivity contribution in [3.8, 4) is 11.5 Å². The maximum atomic E-state index is 14.4. The minimum absolute atomic E-state index is 0.0277. The van der Waals surface area contributed by atoms with E-state index in [1.54, 1.807) is 103 Å². The molecule has 0 aromatic heterocycles. The summed E-state index contributed by atoms with van der Waals surface area (Å²) < 4.78 is 5.41. The summed E-state index contributed by atoms with van der Waals surface area (Å²) in [7, 11) is 0. The summed E-state index contributed by atoms with van der Waals surface area (Å²) in [5, 5.41) is 58.7. The molecule has 0 heterocycles. The van der Waals surface area contributed by atoms with Crippen molar-refractivity contribution >= 4 is 59.4 Å². The molecule has 19 N–H and O–H groups in total. The maximum absolute atomic E-state index is 14.4. The summed E-state index contributed by atoms with van der Waals surface area (Å²) in [5.41, 5.74) is 19.6. The van der Waals surface area contributed by atoms with Crippen molar-refractivity contribution in [1.82, 2.24) is 47.9 Å². The van der Waals surface area contributed by atoms with Gasteiger partial charge in [0.1, 0.15) is 54.4 Å². The van der Waals surface area contributed by atoms with Gasteiger partial charge < -0.3 is 80.0 Å². The molecule has 5 aromatic rings. The van der Waals surface area contributed by atoms with Gasteiger partial charge in [0.25, 0.3) is 0 Å². The van der Waals surface area contributed by atoms with E-state index in [1.165, 1.54) is 36.4 Å². The van der Waals surface area contributed by atoms with Crippen LogP contribution < -0.4 is 65.1 Å². The quantitative estimate of drug-likeness (QED) is 0.0156. The first-order valence-electron chi connectivity index (χ1n) is 26.7. The van der Waals surface area contributed by atoms with Crippen molar-refractivity contribution in [2.24, 2.45) is 17.2 Å². The molecule has 0 fully saturated rings. The highest BCUT2D eigenvalue weighted by molar-refractivity contribution is 5.97. The number of primary amides is 1. The number of amides is 8. The van der Waals surface area contributed by atoms with Gasteiger partial charge in [-0.05, 0) is 77.8 Å². The molecule has 25 nitrogen and oxygen atoms in total. The zero-order valence-corrected chi connectivity index (χ0v) is 45.5. The van der Waals surface area contributed by atoms with Crippen LogP contribution >= 0.6 is 0 Å². The largest absolute Gasteiger partial charge is 0.508 e. The van der Waals surface area contributed by atoms with Crippen molar-refractivity contribution in [2.45, 2.75) is 94.2 Å². The fraction of sp³-hybridized carbons (Fsp3) is 0.310. The highest BCUT2D eigenvalue weighted by atomic mass is 16.5. The van der Waals surface area contributed by atoms with Crippen molar-refractivity contribution in [2.75, 3.05) is 19.6 Å². The number of carbonyl (C=O) groups is 8. The number of phenols is 2. The van der Waals surface area contributed by atoms with Crippen LogP contribution in [0.3, 0.4) is 0 Å². The fourth-order valence-electron chi connectivity index (χ4n) is 8.41. The van der Waals surface area contributed by atoms with Crippen LogP contribution in [0.5, 0.6) is 11.5 Å². The third kappa shape index (κ3) is 23.6. The standard InChI is InChI=1S/C58H72N14O11/c59-50(76)45(30-36-12-4-1-5-13-36)70-52(78)43(18-10-28-64-56(60)61)68-54(80)47(32-38-20-24-41(73)25-21-38)67-49(75)34-66-51(77)46(31-37-14-6-2-7-15-37)71-53(79)44(19-11-29-65-57(62)63)69-55(81)48(33-39-22-26-42(74)27-23-39)72-58(82)83-35-40-16-8-3-9-17-40/h1-9,12-17,20-27,43-48,73-74H,10-11,18-19,28-35H2,(H2,59,76)(H,66,77)(H,67,75)(H,68,80)(H,69,81)(H,70,78)(H,71,79)(H,72,82)(H4,60,61,64)(H4,62,63,65)/t43-,44-,45-,46-,47-,48-/m0/s1. The molecule has 25 heteroatoms. The Morgan fingerprint density at radius 2 is 0.759 bits per heavy atom. The predicted molar refractivity (Wildman–Crippen MR) is 308 cm³/mol. The molecule has 0 spiro atoms. The second-order valence-electron chi connectivity index (χ2n) is 19.3. The van der Waals surface area contributed by atoms with Gasteiger partial charge in [-0.25, -0.2) is 4.79 Å². The number of nitrogens with one attached hydrogen (secondary N) is 11. The topological polar surface area (TPSA) is 420 Å². The molecule has 5 rings (SSSR count). The molecule has 440 valence electrons. The highest BCUT2D eigenvalue weighted by Crippen LogP contribution is 2.15. The Bertz CT molecular complexity index is 2960. The Morgan fingerprint density at radius 1 is 0.410 bits per heavy atom. The summed E-state index contributed by atoms with van der Waals surface area (Å²) in [6.07, 6.45) is -0.993. The number of aromatic hydroxyl groups is 2. The van der Waals surface area contributed by atoms with E-state index in [0.717, 1.165) is 0 Å². The van der Waals surface area contributed by atoms with Crippen LogP contribution in [0.15, 0.2) is 140 Å². The van der Waals surface area contributed by atoms with Gasteiger partial charge in [0.05, 0.1) is 6.54 Å². The zero-order chi connectivity index (χ0) is 60.1. The lowest BCUT2D eigenvalue weighted by Gasteiger charge is -2.26. The molecule has 0 aliphatic carbocycles. The van der Waals surface area contributed by atoms with Gasteiger partial charge in [0, 0.05) is 38.8 Å². The Balaban J connectivity index is 1.34. The van der Waals surface area contributed by atoms with Crippen LogP contribution in [0.4, 0.5) is 4.79 Å². The van der Waals surface area contributed by atoms with Gasteiger partial charge in [0.2, 0.25) is 41.4 Å². The molecule has 8 amide bonds. The van der Waals surface area contributed by atoms with Crippen molar-refractivity contribution in [1.29, 1.82) is 10.8 Å². The van der Waals surface area contributed by atoms with Gasteiger partial charge in [-0.3, -0.25) is 44.4 Å². The third-order valence-corrected chi connectivity index (χ3v) is 12.7. The third-order valence-electron chi connectivity index (χ3n) is 12.7. The number of guanidine groups is 2. The smallest absolute Gasteiger partial charge is 0.408 e. The number of alkyl carbamates (subject to hydrolysis) is 1. The van der Waals surface area contributed by atoms with Gasteiger partial charge in [-0.1, -0.05) is 115 Å². The SMILES string of the molecule is N=C(N)NCCC[C@H](NC(=O)[C@H](Cc1ccc(O)cc1)NC(=O)CNC(=O)[C@H](Cc1ccccc1)NC(=O)[C@H](CCCNC(=N)N)NC(=O)[C@H](Cc1ccc(O)cc1)NC(=O)OCc1ccccc1)C(=O)N[C@@H](Cc1ccccc1)C(N)=O.